The molecule has 0 heterocycles. The first-order valence-corrected chi connectivity index (χ1v) is 6.10. The van der Waals surface area contributed by atoms with Crippen molar-refractivity contribution in [2.75, 3.05) is 5.88 Å². The van der Waals surface area contributed by atoms with Crippen LogP contribution in [0.3, 0.4) is 0 Å². The molecule has 0 bridgehead atoms. The quantitative estimate of drug-likeness (QED) is 0.648. The van der Waals surface area contributed by atoms with Gasteiger partial charge in [-0.25, -0.2) is 0 Å². The minimum absolute atomic E-state index is 0.0124. The Hall–Kier alpha value is -1.35. The van der Waals surface area contributed by atoms with Crippen LogP contribution in [-0.4, -0.2) is 17.6 Å². The lowest BCUT2D eigenvalue weighted by Gasteiger charge is -2.13. The zero-order valence-electron chi connectivity index (χ0n) is 10.00. The van der Waals surface area contributed by atoms with Crippen LogP contribution >= 0.6 is 11.6 Å². The summed E-state index contributed by atoms with van der Waals surface area (Å²) in [6.07, 6.45) is 0.465. The summed E-state index contributed by atoms with van der Waals surface area (Å²) in [5.74, 6) is -0.0940. The fraction of sp³-hybridized carbons (Fsp3) is 0.385. The zero-order valence-corrected chi connectivity index (χ0v) is 10.8. The maximum absolute atomic E-state index is 11.3. The fourth-order valence-electron chi connectivity index (χ4n) is 1.46. The van der Waals surface area contributed by atoms with E-state index in [1.165, 1.54) is 0 Å². The molecule has 0 fully saturated rings. The number of carbonyl (C=O) groups is 2. The van der Waals surface area contributed by atoms with Gasteiger partial charge in [-0.05, 0) is 12.5 Å². The van der Waals surface area contributed by atoms with Gasteiger partial charge in [-0.2, -0.15) is 0 Å². The molecule has 0 aliphatic rings. The van der Waals surface area contributed by atoms with Crippen LogP contribution in [0.1, 0.15) is 42.2 Å². The van der Waals surface area contributed by atoms with Gasteiger partial charge < -0.3 is 5.32 Å². The van der Waals surface area contributed by atoms with Crippen molar-refractivity contribution in [3.05, 3.63) is 35.4 Å². The molecule has 0 saturated heterocycles. The van der Waals surface area contributed by atoms with Gasteiger partial charge in [-0.15, -0.1) is 11.6 Å². The first-order valence-electron chi connectivity index (χ1n) is 5.57. The highest BCUT2D eigenvalue weighted by molar-refractivity contribution is 6.30. The van der Waals surface area contributed by atoms with Crippen molar-refractivity contribution in [1.29, 1.82) is 0 Å². The highest BCUT2D eigenvalue weighted by atomic mass is 35.5. The van der Waals surface area contributed by atoms with E-state index in [0.717, 1.165) is 5.56 Å². The number of rotatable bonds is 5. The van der Waals surface area contributed by atoms with Gasteiger partial charge in [-0.1, -0.05) is 31.2 Å². The zero-order chi connectivity index (χ0) is 12.8. The molecule has 92 valence electrons. The molecule has 1 atom stereocenters. The Morgan fingerprint density at radius 2 is 1.88 bits per heavy atom. The number of nitrogens with one attached hydrogen (secondary N) is 1. The molecule has 0 saturated carbocycles. The maximum Gasteiger partial charge on any atom is 0.220 e. The van der Waals surface area contributed by atoms with Gasteiger partial charge >= 0.3 is 0 Å². The average molecular weight is 254 g/mol. The molecule has 4 heteroatoms. The van der Waals surface area contributed by atoms with Gasteiger partial charge in [0.25, 0.3) is 0 Å². The highest BCUT2D eigenvalue weighted by Crippen LogP contribution is 2.14. The van der Waals surface area contributed by atoms with Crippen LogP contribution in [0.2, 0.25) is 0 Å². The molecule has 1 N–H and O–H groups in total. The number of benzene rings is 1. The Bertz CT molecular complexity index is 400. The smallest absolute Gasteiger partial charge is 0.220 e. The molecule has 1 aromatic carbocycles. The third-order valence-corrected chi connectivity index (χ3v) is 2.80. The summed E-state index contributed by atoms with van der Waals surface area (Å²) in [5, 5.41) is 2.86. The van der Waals surface area contributed by atoms with E-state index in [2.05, 4.69) is 5.32 Å². The van der Waals surface area contributed by atoms with Crippen LogP contribution in [0.4, 0.5) is 0 Å². The second-order valence-electron chi connectivity index (χ2n) is 3.82. The number of ketones is 1. The summed E-state index contributed by atoms with van der Waals surface area (Å²) in [6, 6.07) is 7.08. The van der Waals surface area contributed by atoms with E-state index in [1.54, 1.807) is 12.1 Å². The summed E-state index contributed by atoms with van der Waals surface area (Å²) in [5.41, 5.74) is 1.57. The molecule has 0 unspecified atom stereocenters. The minimum atomic E-state index is -0.0940. The number of hydrogen-bond donors (Lipinski definition) is 1. The van der Waals surface area contributed by atoms with Crippen LogP contribution in [0.15, 0.2) is 24.3 Å². The second-order valence-corrected chi connectivity index (χ2v) is 4.09. The average Bonchev–Trinajstić information content (AvgIpc) is 2.37. The first-order chi connectivity index (χ1) is 8.08. The number of alkyl halides is 1. The Morgan fingerprint density at radius 1 is 1.29 bits per heavy atom. The molecule has 0 aliphatic heterocycles. The lowest BCUT2D eigenvalue weighted by Crippen LogP contribution is -2.25. The van der Waals surface area contributed by atoms with E-state index in [-0.39, 0.29) is 23.6 Å². The van der Waals surface area contributed by atoms with Crippen LogP contribution < -0.4 is 5.32 Å². The topological polar surface area (TPSA) is 46.2 Å². The minimum Gasteiger partial charge on any atom is -0.350 e. The highest BCUT2D eigenvalue weighted by Gasteiger charge is 2.09. The molecular formula is C13H16ClNO2. The summed E-state index contributed by atoms with van der Waals surface area (Å²) in [6.45, 7) is 3.72. The summed E-state index contributed by atoms with van der Waals surface area (Å²) in [7, 11) is 0. The standard InChI is InChI=1S/C13H16ClNO2/c1-3-13(17)15-9(2)10-4-6-11(7-5-10)12(16)8-14/h4-7,9H,3,8H2,1-2H3,(H,15,17)/t9-/m1/s1. The van der Waals surface area contributed by atoms with Crippen LogP contribution in [0, 0.1) is 0 Å². The van der Waals surface area contributed by atoms with Crippen LogP contribution in [0.25, 0.3) is 0 Å². The van der Waals surface area contributed by atoms with Crippen molar-refractivity contribution < 1.29 is 9.59 Å². The van der Waals surface area contributed by atoms with E-state index in [4.69, 9.17) is 11.6 Å². The number of halogens is 1. The molecule has 1 rings (SSSR count). The molecule has 0 aromatic heterocycles. The van der Waals surface area contributed by atoms with Crippen LogP contribution in [-0.2, 0) is 4.79 Å². The van der Waals surface area contributed by atoms with Gasteiger partial charge in [0, 0.05) is 12.0 Å². The largest absolute Gasteiger partial charge is 0.350 e. The molecule has 1 amide bonds. The van der Waals surface area contributed by atoms with E-state index in [9.17, 15) is 9.59 Å². The van der Waals surface area contributed by atoms with Crippen molar-refractivity contribution in [3.63, 3.8) is 0 Å². The Morgan fingerprint density at radius 3 is 2.35 bits per heavy atom. The fourth-order valence-corrected chi connectivity index (χ4v) is 1.62. The van der Waals surface area contributed by atoms with E-state index >= 15 is 0 Å². The number of hydrogen-bond acceptors (Lipinski definition) is 2. The predicted molar refractivity (Wildman–Crippen MR) is 68.3 cm³/mol. The summed E-state index contributed by atoms with van der Waals surface area (Å²) in [4.78, 5) is 22.6. The van der Waals surface area contributed by atoms with Crippen LogP contribution in [0.5, 0.6) is 0 Å². The molecule has 0 radical (unpaired) electrons. The van der Waals surface area contributed by atoms with Crippen molar-refractivity contribution >= 4 is 23.3 Å². The van der Waals surface area contributed by atoms with Gasteiger partial charge in [0.05, 0.1) is 11.9 Å². The molecule has 1 aromatic rings. The van der Waals surface area contributed by atoms with E-state index in [1.807, 2.05) is 26.0 Å². The molecule has 17 heavy (non-hydrogen) atoms. The summed E-state index contributed by atoms with van der Waals surface area (Å²) < 4.78 is 0. The predicted octanol–water partition coefficient (Wildman–Crippen LogP) is 2.70. The normalized spacial score (nSPS) is 11.9. The Kier molecular flexibility index (Phi) is 5.16. The lowest BCUT2D eigenvalue weighted by molar-refractivity contribution is -0.121. The maximum atomic E-state index is 11.3. The first kappa shape index (κ1) is 13.7. The molecular weight excluding hydrogens is 238 g/mol. The number of amides is 1. The van der Waals surface area contributed by atoms with Crippen molar-refractivity contribution in [2.45, 2.75) is 26.3 Å². The molecule has 0 spiro atoms. The third-order valence-electron chi connectivity index (χ3n) is 2.55. The van der Waals surface area contributed by atoms with Crippen molar-refractivity contribution in [1.82, 2.24) is 5.32 Å². The van der Waals surface area contributed by atoms with E-state index in [0.29, 0.717) is 12.0 Å². The molecule has 0 aliphatic carbocycles. The second kappa shape index (κ2) is 6.40. The van der Waals surface area contributed by atoms with Gasteiger partial charge in [-0.3, -0.25) is 9.59 Å². The Labute approximate surface area is 106 Å². The van der Waals surface area contributed by atoms with Crippen molar-refractivity contribution in [2.24, 2.45) is 0 Å². The van der Waals surface area contributed by atoms with Gasteiger partial charge in [0.15, 0.2) is 5.78 Å². The van der Waals surface area contributed by atoms with Crippen molar-refractivity contribution in [3.8, 4) is 0 Å². The number of carbonyl (C=O) groups excluding carboxylic acids is 2. The number of Topliss-reactive ketones (excluding diaryl/α,β-unsaturated/α-hetero) is 1. The van der Waals surface area contributed by atoms with E-state index < -0.39 is 0 Å². The third kappa shape index (κ3) is 3.86. The monoisotopic (exact) mass is 253 g/mol. The lowest BCUT2D eigenvalue weighted by atomic mass is 10.0. The van der Waals surface area contributed by atoms with Gasteiger partial charge in [0.1, 0.15) is 0 Å². The Balaban J connectivity index is 2.73. The SMILES string of the molecule is CCC(=O)N[C@H](C)c1ccc(C(=O)CCl)cc1. The molecule has 3 nitrogen and oxygen atoms in total. The summed E-state index contributed by atoms with van der Waals surface area (Å²) >= 11 is 5.47. The van der Waals surface area contributed by atoms with Gasteiger partial charge in [0.2, 0.25) is 5.91 Å².